The molecule has 0 amide bonds. The molecule has 3 nitrogen and oxygen atoms in total. The van der Waals surface area contributed by atoms with Gasteiger partial charge in [0.2, 0.25) is 0 Å². The number of hydrogen-bond acceptors (Lipinski definition) is 6. The van der Waals surface area contributed by atoms with Gasteiger partial charge in [-0.25, -0.2) is 0 Å². The van der Waals surface area contributed by atoms with E-state index in [0.29, 0.717) is 6.04 Å². The summed E-state index contributed by atoms with van der Waals surface area (Å²) in [7, 11) is 0. The summed E-state index contributed by atoms with van der Waals surface area (Å²) in [4.78, 5) is 5.11. The van der Waals surface area contributed by atoms with Gasteiger partial charge >= 0.3 is 0 Å². The van der Waals surface area contributed by atoms with E-state index < -0.39 is 0 Å². The molecule has 1 aliphatic heterocycles. The second kappa shape index (κ2) is 12.7. The normalized spacial score (nSPS) is 19.4. The van der Waals surface area contributed by atoms with E-state index in [2.05, 4.69) is 80.0 Å². The first-order chi connectivity index (χ1) is 13.6. The van der Waals surface area contributed by atoms with Crippen molar-refractivity contribution in [2.75, 3.05) is 17.8 Å². The summed E-state index contributed by atoms with van der Waals surface area (Å²) < 4.78 is -0.0511. The van der Waals surface area contributed by atoms with Crippen LogP contribution >= 0.6 is 35.3 Å². The summed E-state index contributed by atoms with van der Waals surface area (Å²) in [6, 6.07) is 11.4. The van der Waals surface area contributed by atoms with Crippen molar-refractivity contribution in [3.05, 3.63) is 48.0 Å². The monoisotopic (exact) mass is 435 g/mol. The lowest BCUT2D eigenvalue weighted by Crippen LogP contribution is -2.26. The van der Waals surface area contributed by atoms with Gasteiger partial charge in [0.05, 0.1) is 11.1 Å². The number of rotatable bonds is 10. The number of hydrazone groups is 1. The molecule has 0 saturated carbocycles. The summed E-state index contributed by atoms with van der Waals surface area (Å²) >= 11 is 5.82. The topological polar surface area (TPSA) is 36.8 Å². The molecule has 0 bridgehead atoms. The van der Waals surface area contributed by atoms with E-state index in [0.717, 1.165) is 19.3 Å². The molecule has 2 rings (SSSR count). The highest BCUT2D eigenvalue weighted by Gasteiger charge is 2.42. The molecule has 1 aromatic rings. The van der Waals surface area contributed by atoms with Crippen LogP contribution in [0.2, 0.25) is 0 Å². The fourth-order valence-corrected chi connectivity index (χ4v) is 7.47. The smallest absolute Gasteiger partial charge is 0.134 e. The van der Waals surface area contributed by atoms with Crippen LogP contribution in [0.4, 0.5) is 0 Å². The van der Waals surface area contributed by atoms with Crippen LogP contribution in [0.15, 0.2) is 52.6 Å². The largest absolute Gasteiger partial charge is 0.307 e. The maximum atomic E-state index is 5.11. The van der Waals surface area contributed by atoms with Crippen molar-refractivity contribution in [1.29, 1.82) is 0 Å². The highest BCUT2D eigenvalue weighted by Crippen LogP contribution is 2.54. The zero-order chi connectivity index (χ0) is 20.2. The van der Waals surface area contributed by atoms with Crippen LogP contribution in [0.5, 0.6) is 0 Å². The molecule has 1 aliphatic rings. The summed E-state index contributed by atoms with van der Waals surface area (Å²) in [5.41, 5.74) is 4.56. The Bertz CT molecular complexity index is 652. The molecule has 1 fully saturated rings. The van der Waals surface area contributed by atoms with Crippen molar-refractivity contribution < 1.29 is 0 Å². The Morgan fingerprint density at radius 2 is 1.89 bits per heavy atom. The summed E-state index contributed by atoms with van der Waals surface area (Å²) in [5, 5.41) is 5.62. The Morgan fingerprint density at radius 1 is 1.18 bits per heavy atom. The average molecular weight is 436 g/mol. The average Bonchev–Trinajstić information content (AvgIpc) is 3.21. The van der Waals surface area contributed by atoms with Crippen molar-refractivity contribution in [3.8, 4) is 0 Å². The molecular weight excluding hydrogens is 402 g/mol. The lowest BCUT2D eigenvalue weighted by Gasteiger charge is -2.29. The van der Waals surface area contributed by atoms with Gasteiger partial charge in [-0.2, -0.15) is 5.10 Å². The number of nitrogens with one attached hydrogen (secondary N) is 1. The molecule has 1 aromatic carbocycles. The molecule has 1 N–H and O–H groups in total. The molecule has 0 aromatic heterocycles. The minimum atomic E-state index is -0.0511. The zero-order valence-corrected chi connectivity index (χ0v) is 19.9. The van der Waals surface area contributed by atoms with Gasteiger partial charge in [-0.1, -0.05) is 49.4 Å². The molecule has 0 aliphatic carbocycles. The van der Waals surface area contributed by atoms with Gasteiger partial charge in [-0.15, -0.1) is 35.3 Å². The minimum absolute atomic E-state index is 0.0511. The van der Waals surface area contributed by atoms with Gasteiger partial charge in [-0.3, -0.25) is 4.99 Å². The van der Waals surface area contributed by atoms with E-state index >= 15 is 0 Å². The zero-order valence-electron chi connectivity index (χ0n) is 17.4. The minimum Gasteiger partial charge on any atom is -0.307 e. The third-order valence-corrected chi connectivity index (χ3v) is 8.89. The number of hydrogen-bond donors (Lipinski definition) is 1. The van der Waals surface area contributed by atoms with Crippen LogP contribution in [0.3, 0.4) is 0 Å². The van der Waals surface area contributed by atoms with Crippen LogP contribution in [0, 0.1) is 0 Å². The first-order valence-corrected chi connectivity index (χ1v) is 13.2. The third kappa shape index (κ3) is 6.89. The molecule has 0 radical (unpaired) electrons. The quantitative estimate of drug-likeness (QED) is 0.206. The lowest BCUT2D eigenvalue weighted by atomic mass is 10.1. The SMILES string of the molecule is CC/C=C\CC(C)N/N=C\CC(C)N=C(SC)C1(c2ccccc2)SCCS1. The second-order valence-corrected chi connectivity index (χ2v) is 10.5. The molecule has 154 valence electrons. The fraction of sp³-hybridized carbons (Fsp3) is 0.545. The van der Waals surface area contributed by atoms with Crippen molar-refractivity contribution in [2.45, 2.75) is 56.2 Å². The van der Waals surface area contributed by atoms with Crippen LogP contribution in [-0.4, -0.2) is 41.1 Å². The fourth-order valence-electron chi connectivity index (χ4n) is 2.91. The third-order valence-electron chi connectivity index (χ3n) is 4.39. The Balaban J connectivity index is 1.98. The number of thioether (sulfide) groups is 3. The molecule has 1 saturated heterocycles. The predicted molar refractivity (Wildman–Crippen MR) is 133 cm³/mol. The molecule has 2 unspecified atom stereocenters. The van der Waals surface area contributed by atoms with E-state index in [9.17, 15) is 0 Å². The molecular formula is C22H33N3S3. The predicted octanol–water partition coefficient (Wildman–Crippen LogP) is 6.18. The second-order valence-electron chi connectivity index (χ2n) is 6.86. The van der Waals surface area contributed by atoms with Crippen molar-refractivity contribution in [3.63, 3.8) is 0 Å². The molecule has 28 heavy (non-hydrogen) atoms. The van der Waals surface area contributed by atoms with E-state index in [4.69, 9.17) is 4.99 Å². The van der Waals surface area contributed by atoms with Crippen LogP contribution < -0.4 is 5.43 Å². The van der Waals surface area contributed by atoms with Crippen LogP contribution in [0.1, 0.15) is 45.6 Å². The number of aliphatic imine (C=N–C) groups is 1. The number of nitrogens with zero attached hydrogens (tertiary/aromatic N) is 2. The maximum absolute atomic E-state index is 5.11. The summed E-state index contributed by atoms with van der Waals surface area (Å²) in [5.74, 6) is 2.34. The van der Waals surface area contributed by atoms with Crippen LogP contribution in [-0.2, 0) is 4.08 Å². The molecule has 2 atom stereocenters. The Morgan fingerprint density at radius 3 is 2.54 bits per heavy atom. The van der Waals surface area contributed by atoms with E-state index in [1.54, 1.807) is 11.8 Å². The highest BCUT2D eigenvalue weighted by atomic mass is 32.2. The lowest BCUT2D eigenvalue weighted by molar-refractivity contribution is 0.579. The van der Waals surface area contributed by atoms with Gasteiger partial charge in [0.1, 0.15) is 4.08 Å². The van der Waals surface area contributed by atoms with Gasteiger partial charge in [0, 0.05) is 30.2 Å². The number of allylic oxidation sites excluding steroid dienone is 1. The van der Waals surface area contributed by atoms with E-state index in [-0.39, 0.29) is 10.1 Å². The summed E-state index contributed by atoms with van der Waals surface area (Å²) in [6.07, 6.45) is 11.5. The first kappa shape index (κ1) is 23.4. The first-order valence-electron chi connectivity index (χ1n) is 10.00. The molecule has 0 spiro atoms. The van der Waals surface area contributed by atoms with Crippen LogP contribution in [0.25, 0.3) is 0 Å². The van der Waals surface area contributed by atoms with Gasteiger partial charge < -0.3 is 5.43 Å². The maximum Gasteiger partial charge on any atom is 0.134 e. The molecule has 6 heteroatoms. The highest BCUT2D eigenvalue weighted by molar-refractivity contribution is 8.26. The van der Waals surface area contributed by atoms with E-state index in [1.807, 2.05) is 29.7 Å². The number of benzene rings is 1. The Kier molecular flexibility index (Phi) is 10.6. The van der Waals surface area contributed by atoms with E-state index in [1.165, 1.54) is 22.1 Å². The summed E-state index contributed by atoms with van der Waals surface area (Å²) in [6.45, 7) is 6.49. The van der Waals surface area contributed by atoms with Crippen molar-refractivity contribution >= 4 is 46.5 Å². The van der Waals surface area contributed by atoms with Crippen molar-refractivity contribution in [2.24, 2.45) is 10.1 Å². The molecule has 1 heterocycles. The standard InChI is InChI=1S/C22H33N3S3/c1-5-6-8-11-19(3)25-23-15-14-18(2)24-21(26-4)22(27-16-17-28-22)20-12-9-7-10-13-20/h6-10,12-13,15,18-19,25H,5,11,14,16-17H2,1-4H3/b8-6-,23-15-,24-21?. The van der Waals surface area contributed by atoms with Gasteiger partial charge in [0.15, 0.2) is 0 Å². The Hall–Kier alpha value is -0.850. The van der Waals surface area contributed by atoms with Crippen molar-refractivity contribution in [1.82, 2.24) is 5.43 Å². The Labute approximate surface area is 183 Å². The van der Waals surface area contributed by atoms with Gasteiger partial charge in [0.25, 0.3) is 0 Å². The van der Waals surface area contributed by atoms with Gasteiger partial charge in [-0.05, 0) is 38.5 Å².